The molecule has 0 aromatic carbocycles. The first-order chi connectivity index (χ1) is 10.7. The standard InChI is InChI=1S/C16H25N3O3/c20-13-8-4-3-7-12(13)17-14(21)9-10-15-18-16(19-22-15)11-5-1-2-6-11/h11-13,20H,1-10H2,(H,17,21)/t12-,13-/m0/s1. The SMILES string of the molecule is O=C(CCc1nc(C2CCCC2)no1)N[C@H]1CCCC[C@@H]1O. The topological polar surface area (TPSA) is 88.2 Å². The molecular weight excluding hydrogens is 282 g/mol. The van der Waals surface area contributed by atoms with Crippen LogP contribution in [0.1, 0.15) is 75.4 Å². The molecule has 1 amide bonds. The van der Waals surface area contributed by atoms with Gasteiger partial charge in [0, 0.05) is 18.8 Å². The molecule has 0 radical (unpaired) electrons. The monoisotopic (exact) mass is 307 g/mol. The van der Waals surface area contributed by atoms with E-state index in [-0.39, 0.29) is 11.9 Å². The van der Waals surface area contributed by atoms with E-state index in [9.17, 15) is 9.90 Å². The van der Waals surface area contributed by atoms with E-state index in [0.29, 0.717) is 24.7 Å². The highest BCUT2D eigenvalue weighted by molar-refractivity contribution is 5.76. The van der Waals surface area contributed by atoms with E-state index < -0.39 is 6.10 Å². The normalized spacial score (nSPS) is 26.2. The fourth-order valence-corrected chi connectivity index (χ4v) is 3.50. The number of aryl methyl sites for hydroxylation is 1. The Hall–Kier alpha value is -1.43. The van der Waals surface area contributed by atoms with Crippen LogP contribution >= 0.6 is 0 Å². The van der Waals surface area contributed by atoms with Gasteiger partial charge in [0.15, 0.2) is 5.82 Å². The summed E-state index contributed by atoms with van der Waals surface area (Å²) in [7, 11) is 0. The number of hydrogen-bond acceptors (Lipinski definition) is 5. The maximum atomic E-state index is 12.0. The molecule has 0 aliphatic heterocycles. The van der Waals surface area contributed by atoms with E-state index in [1.807, 2.05) is 0 Å². The quantitative estimate of drug-likeness (QED) is 0.869. The van der Waals surface area contributed by atoms with E-state index in [2.05, 4.69) is 15.5 Å². The number of aliphatic hydroxyl groups excluding tert-OH is 1. The van der Waals surface area contributed by atoms with Gasteiger partial charge in [0.1, 0.15) is 0 Å². The third-order valence-electron chi connectivity index (χ3n) is 4.85. The van der Waals surface area contributed by atoms with Crippen LogP contribution in [0.2, 0.25) is 0 Å². The van der Waals surface area contributed by atoms with Gasteiger partial charge in [-0.05, 0) is 25.7 Å². The maximum absolute atomic E-state index is 12.0. The van der Waals surface area contributed by atoms with Crippen LogP contribution in [0, 0.1) is 0 Å². The lowest BCUT2D eigenvalue weighted by atomic mass is 9.92. The number of carbonyl (C=O) groups is 1. The lowest BCUT2D eigenvalue weighted by Gasteiger charge is -2.28. The first-order valence-electron chi connectivity index (χ1n) is 8.52. The van der Waals surface area contributed by atoms with E-state index in [0.717, 1.165) is 44.3 Å². The second-order valence-corrected chi connectivity index (χ2v) is 6.55. The van der Waals surface area contributed by atoms with Crippen molar-refractivity contribution in [3.63, 3.8) is 0 Å². The Morgan fingerprint density at radius 3 is 2.68 bits per heavy atom. The number of rotatable bonds is 5. The summed E-state index contributed by atoms with van der Waals surface area (Å²) in [5, 5.41) is 16.8. The van der Waals surface area contributed by atoms with Crippen LogP contribution in [0.25, 0.3) is 0 Å². The number of nitrogens with one attached hydrogen (secondary N) is 1. The third kappa shape index (κ3) is 3.85. The molecule has 0 bridgehead atoms. The zero-order valence-corrected chi connectivity index (χ0v) is 13.0. The Bertz CT molecular complexity index is 497. The smallest absolute Gasteiger partial charge is 0.227 e. The highest BCUT2D eigenvalue weighted by atomic mass is 16.5. The Morgan fingerprint density at radius 1 is 1.18 bits per heavy atom. The van der Waals surface area contributed by atoms with Gasteiger partial charge >= 0.3 is 0 Å². The van der Waals surface area contributed by atoms with Gasteiger partial charge in [0.25, 0.3) is 0 Å². The van der Waals surface area contributed by atoms with E-state index in [1.54, 1.807) is 0 Å². The fraction of sp³-hybridized carbons (Fsp3) is 0.812. The zero-order chi connectivity index (χ0) is 15.4. The number of aliphatic hydroxyl groups is 1. The van der Waals surface area contributed by atoms with Crippen molar-refractivity contribution in [2.75, 3.05) is 0 Å². The number of amides is 1. The lowest BCUT2D eigenvalue weighted by Crippen LogP contribution is -2.45. The third-order valence-corrected chi connectivity index (χ3v) is 4.85. The van der Waals surface area contributed by atoms with Crippen molar-refractivity contribution in [2.24, 2.45) is 0 Å². The zero-order valence-electron chi connectivity index (χ0n) is 13.0. The summed E-state index contributed by atoms with van der Waals surface area (Å²) >= 11 is 0. The van der Waals surface area contributed by atoms with Crippen LogP contribution in [0.5, 0.6) is 0 Å². The van der Waals surface area contributed by atoms with Crippen LogP contribution in [-0.4, -0.2) is 33.3 Å². The minimum Gasteiger partial charge on any atom is -0.391 e. The van der Waals surface area contributed by atoms with Gasteiger partial charge in [0.2, 0.25) is 11.8 Å². The Labute approximate surface area is 130 Å². The summed E-state index contributed by atoms with van der Waals surface area (Å²) in [5.41, 5.74) is 0. The minimum atomic E-state index is -0.407. The molecule has 1 heterocycles. The molecule has 1 aromatic heterocycles. The molecule has 6 heteroatoms. The van der Waals surface area contributed by atoms with Crippen LogP contribution in [0.15, 0.2) is 4.52 Å². The minimum absolute atomic E-state index is 0.0495. The Balaban J connectivity index is 1.44. The predicted octanol–water partition coefficient (Wildman–Crippen LogP) is 2.08. The summed E-state index contributed by atoms with van der Waals surface area (Å²) in [6.45, 7) is 0. The maximum Gasteiger partial charge on any atom is 0.227 e. The molecule has 22 heavy (non-hydrogen) atoms. The van der Waals surface area contributed by atoms with Gasteiger partial charge < -0.3 is 14.9 Å². The van der Waals surface area contributed by atoms with Crippen LogP contribution in [-0.2, 0) is 11.2 Å². The highest BCUT2D eigenvalue weighted by Gasteiger charge is 2.25. The lowest BCUT2D eigenvalue weighted by molar-refractivity contribution is -0.123. The molecule has 6 nitrogen and oxygen atoms in total. The molecule has 0 saturated heterocycles. The van der Waals surface area contributed by atoms with Gasteiger partial charge in [-0.15, -0.1) is 0 Å². The Morgan fingerprint density at radius 2 is 1.91 bits per heavy atom. The van der Waals surface area contributed by atoms with E-state index in [4.69, 9.17) is 4.52 Å². The summed E-state index contributed by atoms with van der Waals surface area (Å²) in [6, 6.07) is -0.0991. The summed E-state index contributed by atoms with van der Waals surface area (Å²) < 4.78 is 5.25. The van der Waals surface area contributed by atoms with Crippen molar-refractivity contribution in [3.05, 3.63) is 11.7 Å². The second-order valence-electron chi connectivity index (χ2n) is 6.55. The molecule has 1 aromatic rings. The summed E-state index contributed by atoms with van der Waals surface area (Å²) in [6.07, 6.45) is 8.88. The first kappa shape index (κ1) is 15.5. The molecule has 0 spiro atoms. The molecule has 2 N–H and O–H groups in total. The van der Waals surface area contributed by atoms with Crippen LogP contribution in [0.3, 0.4) is 0 Å². The van der Waals surface area contributed by atoms with Crippen molar-refractivity contribution < 1.29 is 14.4 Å². The van der Waals surface area contributed by atoms with Crippen molar-refractivity contribution in [2.45, 2.75) is 82.3 Å². The van der Waals surface area contributed by atoms with Crippen molar-refractivity contribution in [3.8, 4) is 0 Å². The molecule has 3 rings (SSSR count). The van der Waals surface area contributed by atoms with Crippen LogP contribution in [0.4, 0.5) is 0 Å². The number of aromatic nitrogens is 2. The fourth-order valence-electron chi connectivity index (χ4n) is 3.50. The largest absolute Gasteiger partial charge is 0.391 e. The van der Waals surface area contributed by atoms with Gasteiger partial charge in [-0.1, -0.05) is 30.8 Å². The Kier molecular flexibility index (Phi) is 5.08. The van der Waals surface area contributed by atoms with Gasteiger partial charge in [-0.25, -0.2) is 0 Å². The molecule has 2 saturated carbocycles. The average molecular weight is 307 g/mol. The van der Waals surface area contributed by atoms with Gasteiger partial charge in [0.05, 0.1) is 12.1 Å². The summed E-state index contributed by atoms with van der Waals surface area (Å²) in [4.78, 5) is 16.4. The number of carbonyl (C=O) groups excluding carboxylic acids is 1. The molecule has 2 atom stereocenters. The first-order valence-corrected chi connectivity index (χ1v) is 8.52. The second kappa shape index (κ2) is 7.22. The van der Waals surface area contributed by atoms with Crippen molar-refractivity contribution in [1.29, 1.82) is 0 Å². The van der Waals surface area contributed by atoms with Crippen molar-refractivity contribution >= 4 is 5.91 Å². The highest BCUT2D eigenvalue weighted by Crippen LogP contribution is 2.32. The summed E-state index contributed by atoms with van der Waals surface area (Å²) in [5.74, 6) is 1.73. The van der Waals surface area contributed by atoms with Gasteiger partial charge in [-0.2, -0.15) is 4.98 Å². The molecule has 2 fully saturated rings. The van der Waals surface area contributed by atoms with E-state index in [1.165, 1.54) is 12.8 Å². The van der Waals surface area contributed by atoms with Crippen molar-refractivity contribution in [1.82, 2.24) is 15.5 Å². The number of hydrogen-bond donors (Lipinski definition) is 2. The molecule has 0 unspecified atom stereocenters. The number of nitrogens with zero attached hydrogens (tertiary/aromatic N) is 2. The molecular formula is C16H25N3O3. The molecule has 2 aliphatic carbocycles. The predicted molar refractivity (Wildman–Crippen MR) is 80.2 cm³/mol. The van der Waals surface area contributed by atoms with Crippen LogP contribution < -0.4 is 5.32 Å². The average Bonchev–Trinajstić information content (AvgIpc) is 3.18. The molecule has 2 aliphatic rings. The van der Waals surface area contributed by atoms with Gasteiger partial charge in [-0.3, -0.25) is 4.79 Å². The molecule has 122 valence electrons. The van der Waals surface area contributed by atoms with E-state index >= 15 is 0 Å².